The molecule has 1 N–H and O–H groups in total. The predicted octanol–water partition coefficient (Wildman–Crippen LogP) is 4.72. The Bertz CT molecular complexity index is 1440. The predicted molar refractivity (Wildman–Crippen MR) is 148 cm³/mol. The van der Waals surface area contributed by atoms with Crippen LogP contribution in [0.4, 0.5) is 22.4 Å². The third-order valence-electron chi connectivity index (χ3n) is 7.99. The third kappa shape index (κ3) is 6.13. The highest BCUT2D eigenvalue weighted by molar-refractivity contribution is 6.31. The first-order valence-corrected chi connectivity index (χ1v) is 13.9. The molecule has 0 unspecified atom stereocenters. The van der Waals surface area contributed by atoms with Gasteiger partial charge in [0.2, 0.25) is 5.91 Å². The van der Waals surface area contributed by atoms with E-state index in [1.165, 1.54) is 24.0 Å². The Morgan fingerprint density at radius 1 is 1.09 bits per heavy atom. The maximum atomic E-state index is 14.3. The van der Waals surface area contributed by atoms with E-state index < -0.39 is 64.4 Å². The normalized spacial score (nSPS) is 17.6. The number of likely N-dealkylation sites (N-methyl/N-ethyl adjacent to an activating group) is 1. The molecule has 2 aliphatic rings. The highest BCUT2D eigenvalue weighted by atomic mass is 35.5. The number of hydrogen-bond donors (Lipinski definition) is 1. The number of likely N-dealkylation sites (tertiary alicyclic amines) is 1. The number of urea groups is 1. The average molecular weight is 627 g/mol. The van der Waals surface area contributed by atoms with Gasteiger partial charge in [-0.1, -0.05) is 31.5 Å². The van der Waals surface area contributed by atoms with Crippen molar-refractivity contribution in [2.45, 2.75) is 51.0 Å². The van der Waals surface area contributed by atoms with Gasteiger partial charge in [-0.3, -0.25) is 19.3 Å². The van der Waals surface area contributed by atoms with Crippen molar-refractivity contribution >= 4 is 35.4 Å². The van der Waals surface area contributed by atoms with Crippen LogP contribution in [0, 0.1) is 11.7 Å². The smallest absolute Gasteiger partial charge is 0.416 e. The molecule has 43 heavy (non-hydrogen) atoms. The molecule has 2 heterocycles. The molecule has 0 aromatic heterocycles. The van der Waals surface area contributed by atoms with E-state index in [0.717, 1.165) is 4.90 Å². The zero-order chi connectivity index (χ0) is 31.9. The fourth-order valence-electron chi connectivity index (χ4n) is 5.44. The Labute approximate surface area is 250 Å². The van der Waals surface area contributed by atoms with Crippen LogP contribution >= 0.6 is 11.6 Å². The van der Waals surface area contributed by atoms with E-state index in [4.69, 9.17) is 16.3 Å². The maximum Gasteiger partial charge on any atom is 0.416 e. The molecule has 2 saturated heterocycles. The molecule has 14 heteroatoms. The van der Waals surface area contributed by atoms with E-state index in [1.54, 1.807) is 32.0 Å². The van der Waals surface area contributed by atoms with Crippen molar-refractivity contribution in [1.29, 1.82) is 0 Å². The zero-order valence-electron chi connectivity index (χ0n) is 23.9. The Balaban J connectivity index is 1.51. The number of hydrogen-bond acceptors (Lipinski definition) is 5. The van der Waals surface area contributed by atoms with Gasteiger partial charge in [-0.25, -0.2) is 9.18 Å². The molecule has 4 rings (SSSR count). The second kappa shape index (κ2) is 12.0. The molecule has 1 atom stereocenters. The molecule has 1 spiro atoms. The number of ether oxygens (including phenoxy) is 1. The summed E-state index contributed by atoms with van der Waals surface area (Å²) in [5.41, 5.74) is -2.67. The minimum Gasteiger partial charge on any atom is -0.497 e. The monoisotopic (exact) mass is 626 g/mol. The fraction of sp³-hybridized carbons (Fsp3) is 0.448. The number of halogens is 5. The summed E-state index contributed by atoms with van der Waals surface area (Å²) in [5.74, 6) is -3.26. The van der Waals surface area contributed by atoms with E-state index in [0.29, 0.717) is 34.5 Å². The second-order valence-electron chi connectivity index (χ2n) is 10.9. The van der Waals surface area contributed by atoms with Gasteiger partial charge in [0.25, 0.3) is 11.8 Å². The lowest BCUT2D eigenvalue weighted by molar-refractivity contribution is -0.142. The number of nitrogens with zero attached hydrogens (tertiary/aromatic N) is 3. The second-order valence-corrected chi connectivity index (χ2v) is 11.3. The number of amides is 5. The number of rotatable bonds is 7. The van der Waals surface area contributed by atoms with E-state index in [2.05, 4.69) is 5.32 Å². The standard InChI is InChI=1S/C29H31ClF4N4O5/c1-16(2)23(35-24(39)20-13-18(29(32,33)34)6-8-22(20)31)25(40)37-11-9-28(10-12-37)26(41)36(3)27(42)38(28)15-17-5-7-19(43-4)14-21(17)30/h5-8,13-14,16,23H,9-12,15H2,1-4H3,(H,35,39)/t23-/m1/s1. The molecule has 2 aromatic rings. The maximum absolute atomic E-state index is 14.3. The van der Waals surface area contributed by atoms with Gasteiger partial charge in [-0.05, 0) is 54.7 Å². The van der Waals surface area contributed by atoms with Crippen molar-refractivity contribution in [2.24, 2.45) is 5.92 Å². The number of imide groups is 1. The molecular weight excluding hydrogens is 596 g/mol. The number of piperidine rings is 1. The Morgan fingerprint density at radius 2 is 1.74 bits per heavy atom. The topological polar surface area (TPSA) is 99.3 Å². The largest absolute Gasteiger partial charge is 0.497 e. The van der Waals surface area contributed by atoms with Crippen LogP contribution in [0.15, 0.2) is 36.4 Å². The first kappa shape index (κ1) is 32.1. The van der Waals surface area contributed by atoms with Crippen LogP contribution in [0.2, 0.25) is 5.02 Å². The minimum absolute atomic E-state index is 0.0406. The van der Waals surface area contributed by atoms with Crippen molar-refractivity contribution in [3.8, 4) is 5.75 Å². The lowest BCUT2D eigenvalue weighted by Gasteiger charge is -2.43. The van der Waals surface area contributed by atoms with Gasteiger partial charge in [0.05, 0.1) is 24.8 Å². The molecule has 9 nitrogen and oxygen atoms in total. The SMILES string of the molecule is COc1ccc(CN2C(=O)N(C)C(=O)C23CCN(C(=O)[C@H](NC(=O)c2cc(C(F)(F)F)ccc2F)C(C)C)CC3)c(Cl)c1. The summed E-state index contributed by atoms with van der Waals surface area (Å²) in [7, 11) is 2.88. The Morgan fingerprint density at radius 3 is 2.30 bits per heavy atom. The van der Waals surface area contributed by atoms with Crippen molar-refractivity contribution in [2.75, 3.05) is 27.2 Å². The molecule has 2 aliphatic heterocycles. The van der Waals surface area contributed by atoms with Crippen molar-refractivity contribution in [1.82, 2.24) is 20.0 Å². The van der Waals surface area contributed by atoms with Crippen molar-refractivity contribution in [3.63, 3.8) is 0 Å². The molecule has 2 fully saturated rings. The molecule has 0 radical (unpaired) electrons. The van der Waals surface area contributed by atoms with Crippen molar-refractivity contribution < 1.29 is 41.5 Å². The first-order chi connectivity index (χ1) is 20.1. The lowest BCUT2D eigenvalue weighted by atomic mass is 9.85. The molecule has 0 saturated carbocycles. The summed E-state index contributed by atoms with van der Waals surface area (Å²) in [6.07, 6.45) is -4.59. The molecule has 0 bridgehead atoms. The summed E-state index contributed by atoms with van der Waals surface area (Å²) in [5, 5.41) is 2.74. The van der Waals surface area contributed by atoms with Crippen molar-refractivity contribution in [3.05, 3.63) is 63.9 Å². The Kier molecular flexibility index (Phi) is 8.96. The van der Waals surface area contributed by atoms with E-state index >= 15 is 0 Å². The number of methoxy groups -OCH3 is 1. The van der Waals surface area contributed by atoms with E-state index in [-0.39, 0.29) is 32.5 Å². The summed E-state index contributed by atoms with van der Waals surface area (Å²) >= 11 is 6.41. The lowest BCUT2D eigenvalue weighted by Crippen LogP contribution is -2.60. The average Bonchev–Trinajstić information content (AvgIpc) is 3.12. The van der Waals surface area contributed by atoms with Crippen LogP contribution in [-0.4, -0.2) is 77.3 Å². The van der Waals surface area contributed by atoms with E-state index in [1.807, 2.05) is 0 Å². The molecular formula is C29H31ClF4N4O5. The highest BCUT2D eigenvalue weighted by Crippen LogP contribution is 2.39. The minimum atomic E-state index is -4.79. The number of nitrogens with one attached hydrogen (secondary N) is 1. The van der Waals surface area contributed by atoms with Crippen LogP contribution in [-0.2, 0) is 22.3 Å². The van der Waals surface area contributed by atoms with Crippen LogP contribution in [0.25, 0.3) is 0 Å². The van der Waals surface area contributed by atoms with Gasteiger partial charge in [0.1, 0.15) is 23.1 Å². The molecule has 5 amide bonds. The number of carbonyl (C=O) groups is 4. The first-order valence-electron chi connectivity index (χ1n) is 13.5. The highest BCUT2D eigenvalue weighted by Gasteiger charge is 2.57. The summed E-state index contributed by atoms with van der Waals surface area (Å²) < 4.78 is 59.0. The quantitative estimate of drug-likeness (QED) is 0.354. The number of benzene rings is 2. The molecule has 2 aromatic carbocycles. The number of carbonyl (C=O) groups excluding carboxylic acids is 4. The van der Waals surface area contributed by atoms with Crippen LogP contribution in [0.1, 0.15) is 48.2 Å². The van der Waals surface area contributed by atoms with Crippen LogP contribution in [0.3, 0.4) is 0 Å². The van der Waals surface area contributed by atoms with Crippen LogP contribution in [0.5, 0.6) is 5.75 Å². The summed E-state index contributed by atoms with van der Waals surface area (Å²) in [6.45, 7) is 3.40. The third-order valence-corrected chi connectivity index (χ3v) is 8.34. The molecule has 0 aliphatic carbocycles. The summed E-state index contributed by atoms with van der Waals surface area (Å²) in [6, 6.07) is 4.78. The van der Waals surface area contributed by atoms with Gasteiger partial charge < -0.3 is 19.9 Å². The Hall–Kier alpha value is -3.87. The molecule has 232 valence electrons. The number of alkyl halides is 3. The van der Waals surface area contributed by atoms with Crippen LogP contribution < -0.4 is 10.1 Å². The van der Waals surface area contributed by atoms with Gasteiger partial charge in [-0.2, -0.15) is 13.2 Å². The zero-order valence-corrected chi connectivity index (χ0v) is 24.7. The van der Waals surface area contributed by atoms with Gasteiger partial charge in [0, 0.05) is 25.2 Å². The van der Waals surface area contributed by atoms with Gasteiger partial charge >= 0.3 is 12.2 Å². The summed E-state index contributed by atoms with van der Waals surface area (Å²) in [4.78, 5) is 56.8. The van der Waals surface area contributed by atoms with Gasteiger partial charge in [-0.15, -0.1) is 0 Å². The van der Waals surface area contributed by atoms with E-state index in [9.17, 15) is 36.7 Å². The fourth-order valence-corrected chi connectivity index (χ4v) is 5.67. The van der Waals surface area contributed by atoms with Gasteiger partial charge in [0.15, 0.2) is 0 Å².